The van der Waals surface area contributed by atoms with Crippen molar-refractivity contribution in [3.63, 3.8) is 0 Å². The maximum absolute atomic E-state index is 5.51. The monoisotopic (exact) mass is 413 g/mol. The third kappa shape index (κ3) is 3.57. The summed E-state index contributed by atoms with van der Waals surface area (Å²) in [6, 6.07) is 19.8. The summed E-state index contributed by atoms with van der Waals surface area (Å²) in [5, 5.41) is 6.25. The van der Waals surface area contributed by atoms with Crippen LogP contribution in [0.15, 0.2) is 54.6 Å². The zero-order chi connectivity index (χ0) is 17.2. The van der Waals surface area contributed by atoms with Crippen molar-refractivity contribution in [2.75, 3.05) is 20.8 Å². The summed E-state index contributed by atoms with van der Waals surface area (Å²) in [6.07, 6.45) is 1.98. The molecule has 0 fully saturated rings. The number of ether oxygens (including phenoxy) is 2. The molecule has 26 heavy (non-hydrogen) atoms. The zero-order valence-corrected chi connectivity index (χ0v) is 16.8. The standard InChI is InChI=1S/C22H23NO2.BrH/c1-24-21-13-18-9-10-23-20(19(18)14-22(21)25-2)12-15-7-8-16-5-3-4-6-17(16)11-15;/h3-8,11,13-14,20,23H,9-10,12H2,1-2H3;1H. The van der Waals surface area contributed by atoms with Crippen molar-refractivity contribution in [2.24, 2.45) is 0 Å². The summed E-state index contributed by atoms with van der Waals surface area (Å²) in [6.45, 7) is 0.987. The van der Waals surface area contributed by atoms with Crippen molar-refractivity contribution in [1.82, 2.24) is 5.32 Å². The number of benzene rings is 3. The van der Waals surface area contributed by atoms with E-state index in [0.29, 0.717) is 6.04 Å². The highest BCUT2D eigenvalue weighted by atomic mass is 79.9. The van der Waals surface area contributed by atoms with Gasteiger partial charge in [0.05, 0.1) is 14.2 Å². The van der Waals surface area contributed by atoms with Crippen molar-refractivity contribution >= 4 is 27.8 Å². The predicted molar refractivity (Wildman–Crippen MR) is 112 cm³/mol. The Labute approximate surface area is 165 Å². The lowest BCUT2D eigenvalue weighted by Crippen LogP contribution is -2.31. The van der Waals surface area contributed by atoms with Crippen LogP contribution in [0.1, 0.15) is 22.7 Å². The van der Waals surface area contributed by atoms with Crippen LogP contribution in [0.5, 0.6) is 11.5 Å². The number of halogens is 1. The van der Waals surface area contributed by atoms with Crippen molar-refractivity contribution in [3.8, 4) is 11.5 Å². The van der Waals surface area contributed by atoms with Gasteiger partial charge in [0, 0.05) is 6.04 Å². The Bertz CT molecular complexity index is 910. The van der Waals surface area contributed by atoms with Gasteiger partial charge >= 0.3 is 0 Å². The molecule has 0 spiro atoms. The largest absolute Gasteiger partial charge is 0.493 e. The number of rotatable bonds is 4. The first-order valence-electron chi connectivity index (χ1n) is 8.74. The van der Waals surface area contributed by atoms with Gasteiger partial charge in [-0.25, -0.2) is 0 Å². The van der Waals surface area contributed by atoms with Crippen LogP contribution in [0.25, 0.3) is 10.8 Å². The molecule has 0 saturated carbocycles. The minimum absolute atomic E-state index is 0. The van der Waals surface area contributed by atoms with E-state index in [1.54, 1.807) is 14.2 Å². The van der Waals surface area contributed by atoms with Crippen LogP contribution in [-0.2, 0) is 12.8 Å². The van der Waals surface area contributed by atoms with Crippen molar-refractivity contribution < 1.29 is 9.47 Å². The first-order valence-corrected chi connectivity index (χ1v) is 8.74. The molecule has 1 unspecified atom stereocenters. The van der Waals surface area contributed by atoms with E-state index >= 15 is 0 Å². The third-order valence-electron chi connectivity index (χ3n) is 5.06. The molecular weight excluding hydrogens is 390 g/mol. The normalized spacial score (nSPS) is 15.8. The minimum atomic E-state index is 0. The molecule has 136 valence electrons. The fourth-order valence-electron chi connectivity index (χ4n) is 3.75. The van der Waals surface area contributed by atoms with E-state index in [9.17, 15) is 0 Å². The Morgan fingerprint density at radius 2 is 1.65 bits per heavy atom. The summed E-state index contributed by atoms with van der Waals surface area (Å²) >= 11 is 0. The zero-order valence-electron chi connectivity index (χ0n) is 15.1. The first kappa shape index (κ1) is 18.7. The van der Waals surface area contributed by atoms with Crippen molar-refractivity contribution in [2.45, 2.75) is 18.9 Å². The molecular formula is C22H24BrNO2. The third-order valence-corrected chi connectivity index (χ3v) is 5.06. The van der Waals surface area contributed by atoms with E-state index in [-0.39, 0.29) is 17.0 Å². The van der Waals surface area contributed by atoms with Crippen LogP contribution in [0.4, 0.5) is 0 Å². The van der Waals surface area contributed by atoms with Gasteiger partial charge in [-0.05, 0) is 59.0 Å². The Morgan fingerprint density at radius 3 is 2.42 bits per heavy atom. The lowest BCUT2D eigenvalue weighted by Gasteiger charge is -2.28. The molecule has 4 heteroatoms. The van der Waals surface area contributed by atoms with Crippen LogP contribution in [0.3, 0.4) is 0 Å². The highest BCUT2D eigenvalue weighted by Crippen LogP contribution is 2.36. The maximum Gasteiger partial charge on any atom is 0.161 e. The molecule has 1 heterocycles. The van der Waals surface area contributed by atoms with Gasteiger partial charge in [-0.2, -0.15) is 0 Å². The summed E-state index contributed by atoms with van der Waals surface area (Å²) in [7, 11) is 3.39. The Hall–Kier alpha value is -2.04. The Kier molecular flexibility index (Phi) is 5.84. The van der Waals surface area contributed by atoms with Crippen molar-refractivity contribution in [3.05, 3.63) is 71.3 Å². The smallest absolute Gasteiger partial charge is 0.161 e. The Morgan fingerprint density at radius 1 is 0.923 bits per heavy atom. The quantitative estimate of drug-likeness (QED) is 0.661. The van der Waals surface area contributed by atoms with Gasteiger partial charge in [0.25, 0.3) is 0 Å². The molecule has 0 radical (unpaired) electrons. The van der Waals surface area contributed by atoms with Crippen LogP contribution < -0.4 is 14.8 Å². The summed E-state index contributed by atoms with van der Waals surface area (Å²) < 4.78 is 11.0. The summed E-state index contributed by atoms with van der Waals surface area (Å²) in [5.41, 5.74) is 4.01. The molecule has 1 N–H and O–H groups in total. The fraction of sp³-hybridized carbons (Fsp3) is 0.273. The van der Waals surface area contributed by atoms with Gasteiger partial charge in [-0.15, -0.1) is 17.0 Å². The second kappa shape index (κ2) is 8.11. The van der Waals surface area contributed by atoms with Crippen LogP contribution in [-0.4, -0.2) is 20.8 Å². The van der Waals surface area contributed by atoms with E-state index in [2.05, 4.69) is 59.9 Å². The number of methoxy groups -OCH3 is 2. The van der Waals surface area contributed by atoms with E-state index in [4.69, 9.17) is 9.47 Å². The van der Waals surface area contributed by atoms with Gasteiger partial charge < -0.3 is 14.8 Å². The molecule has 0 saturated heterocycles. The predicted octanol–water partition coefficient (Wildman–Crippen LogP) is 4.86. The highest BCUT2D eigenvalue weighted by Gasteiger charge is 2.22. The van der Waals surface area contributed by atoms with E-state index < -0.39 is 0 Å². The molecule has 3 aromatic carbocycles. The molecule has 0 aliphatic carbocycles. The summed E-state index contributed by atoms with van der Waals surface area (Å²) in [5.74, 6) is 1.61. The van der Waals surface area contributed by atoms with Gasteiger partial charge in [0.2, 0.25) is 0 Å². The molecule has 3 nitrogen and oxygen atoms in total. The first-order chi connectivity index (χ1) is 12.3. The van der Waals surface area contributed by atoms with Crippen LogP contribution in [0, 0.1) is 0 Å². The molecule has 4 rings (SSSR count). The molecule has 3 aromatic rings. The number of nitrogens with one attached hydrogen (secondary N) is 1. The van der Waals surface area contributed by atoms with Gasteiger partial charge in [0.1, 0.15) is 0 Å². The van der Waals surface area contributed by atoms with E-state index in [0.717, 1.165) is 30.9 Å². The molecule has 0 aromatic heterocycles. The van der Waals surface area contributed by atoms with Crippen molar-refractivity contribution in [1.29, 1.82) is 0 Å². The van der Waals surface area contributed by atoms with Gasteiger partial charge in [-0.3, -0.25) is 0 Å². The minimum Gasteiger partial charge on any atom is -0.493 e. The lowest BCUT2D eigenvalue weighted by atomic mass is 9.89. The average Bonchev–Trinajstić information content (AvgIpc) is 2.67. The maximum atomic E-state index is 5.51. The lowest BCUT2D eigenvalue weighted by molar-refractivity contribution is 0.352. The Balaban J connectivity index is 0.00000196. The SMILES string of the molecule is Br.COc1cc2c(cc1OC)C(Cc1ccc3ccccc3c1)NCC2. The second-order valence-electron chi connectivity index (χ2n) is 6.55. The second-order valence-corrected chi connectivity index (χ2v) is 6.55. The van der Waals surface area contributed by atoms with Gasteiger partial charge in [-0.1, -0.05) is 42.5 Å². The fourth-order valence-corrected chi connectivity index (χ4v) is 3.75. The topological polar surface area (TPSA) is 30.5 Å². The number of hydrogen-bond donors (Lipinski definition) is 1. The molecule has 0 amide bonds. The van der Waals surface area contributed by atoms with E-state index in [1.165, 1.54) is 27.5 Å². The van der Waals surface area contributed by atoms with Gasteiger partial charge in [0.15, 0.2) is 11.5 Å². The average molecular weight is 414 g/mol. The number of hydrogen-bond acceptors (Lipinski definition) is 3. The molecule has 0 bridgehead atoms. The van der Waals surface area contributed by atoms with E-state index in [1.807, 2.05) is 0 Å². The molecule has 1 aliphatic heterocycles. The molecule has 1 aliphatic rings. The summed E-state index contributed by atoms with van der Waals surface area (Å²) in [4.78, 5) is 0. The highest BCUT2D eigenvalue weighted by molar-refractivity contribution is 8.93. The van der Waals surface area contributed by atoms with Crippen LogP contribution >= 0.6 is 17.0 Å². The van der Waals surface area contributed by atoms with Crippen LogP contribution in [0.2, 0.25) is 0 Å². The molecule has 1 atom stereocenters. The number of fused-ring (bicyclic) bond motifs is 2.